The molecule has 63 heavy (non-hydrogen) atoms. The summed E-state index contributed by atoms with van der Waals surface area (Å²) in [6.07, 6.45) is 6.60. The number of H-pyrrole nitrogens is 3. The molecule has 8 N–H and O–H groups in total. The molecule has 8 aromatic rings. The highest BCUT2D eigenvalue weighted by atomic mass is 32.2. The summed E-state index contributed by atoms with van der Waals surface area (Å²) in [4.78, 5) is 77.3. The summed E-state index contributed by atoms with van der Waals surface area (Å²) in [5, 5.41) is 33.6. The van der Waals surface area contributed by atoms with Crippen LogP contribution in [-0.4, -0.2) is 108 Å². The van der Waals surface area contributed by atoms with Crippen molar-refractivity contribution in [2.75, 3.05) is 37.0 Å². The fourth-order valence-corrected chi connectivity index (χ4v) is 6.74. The van der Waals surface area contributed by atoms with Crippen LogP contribution in [0.5, 0.6) is 0 Å². The molecule has 0 spiro atoms. The minimum absolute atomic E-state index is 0.0580. The molecule has 0 atom stereocenters. The van der Waals surface area contributed by atoms with Gasteiger partial charge in [0.15, 0.2) is 62.2 Å². The lowest BCUT2D eigenvalue weighted by molar-refractivity contribution is 0.203. The van der Waals surface area contributed by atoms with Crippen molar-refractivity contribution in [2.45, 2.75) is 27.9 Å². The predicted molar refractivity (Wildman–Crippen MR) is 223 cm³/mol. The van der Waals surface area contributed by atoms with Crippen LogP contribution in [0.1, 0.15) is 11.1 Å². The summed E-state index contributed by atoms with van der Waals surface area (Å²) in [5.41, 5.74) is 1.00. The van der Waals surface area contributed by atoms with Crippen molar-refractivity contribution in [1.29, 1.82) is 0 Å². The zero-order valence-corrected chi connectivity index (χ0v) is 33.7. The van der Waals surface area contributed by atoms with Crippen molar-refractivity contribution in [2.24, 2.45) is 0 Å². The van der Waals surface area contributed by atoms with Crippen LogP contribution in [0.4, 0.5) is 29.2 Å². The standard InChI is InChI=1S/C16H15F2N5O3S.C15H13F2N5O2S.C6H4N4O/c17-10-3-1-2-8(12(10)18)7-27-16-22-14(20-9(5-24)6-25)13-15(23-16)21-11(26)4-19-13;16-9-3-1-2-8(11(9)17)7-25-15-21-13(18-4-5-23)12-14(22-15)20-10(24)6-19-12;11-6-9-3-4-5(10-6)8-2-1-7-4/h1-4,9,24-25H,5-7H2,(H2,20,21,22,23,26);1-3,6,23H,4-5,7H2,(H2,18,20,21,22,24);1-3H,(H,8,9,10,11). The van der Waals surface area contributed by atoms with Gasteiger partial charge >= 0.3 is 5.69 Å². The highest BCUT2D eigenvalue weighted by Gasteiger charge is 2.17. The monoisotopic (exact) mass is 908 g/mol. The van der Waals surface area contributed by atoms with E-state index >= 15 is 0 Å². The third kappa shape index (κ3) is 12.1. The van der Waals surface area contributed by atoms with Crippen molar-refractivity contribution in [1.82, 2.24) is 59.8 Å². The second kappa shape index (κ2) is 21.7. The molecule has 0 aliphatic carbocycles. The number of nitrogens with zero attached hydrogens (tertiary/aromatic N) is 9. The molecule has 0 amide bonds. The first-order valence-electron chi connectivity index (χ1n) is 18.1. The molecule has 0 radical (unpaired) electrons. The number of halogens is 4. The van der Waals surface area contributed by atoms with Crippen molar-refractivity contribution in [3.05, 3.63) is 133 Å². The molecular formula is C37H32F4N14O6S2. The third-order valence-corrected chi connectivity index (χ3v) is 9.84. The number of fused-ring (bicyclic) bond motifs is 3. The van der Waals surface area contributed by atoms with Crippen LogP contribution in [0.3, 0.4) is 0 Å². The number of aromatic nitrogens is 12. The minimum Gasteiger partial charge on any atom is -0.395 e. The van der Waals surface area contributed by atoms with Gasteiger partial charge in [-0.15, -0.1) is 0 Å². The number of aromatic amines is 3. The van der Waals surface area contributed by atoms with Gasteiger partial charge in [-0.1, -0.05) is 47.8 Å². The van der Waals surface area contributed by atoms with E-state index in [1.165, 1.54) is 36.7 Å². The lowest BCUT2D eigenvalue weighted by Crippen LogP contribution is -2.28. The highest BCUT2D eigenvalue weighted by molar-refractivity contribution is 7.98. The van der Waals surface area contributed by atoms with Crippen molar-refractivity contribution in [3.8, 4) is 0 Å². The fourth-order valence-electron chi connectivity index (χ4n) is 5.10. The number of benzene rings is 2. The maximum absolute atomic E-state index is 13.8. The molecule has 8 rings (SSSR count). The van der Waals surface area contributed by atoms with Crippen LogP contribution < -0.4 is 27.4 Å². The van der Waals surface area contributed by atoms with E-state index in [2.05, 4.69) is 70.4 Å². The Morgan fingerprint density at radius 1 is 0.619 bits per heavy atom. The summed E-state index contributed by atoms with van der Waals surface area (Å²) in [6.45, 7) is -0.605. The van der Waals surface area contributed by atoms with Crippen LogP contribution in [0, 0.1) is 23.3 Å². The molecule has 20 nitrogen and oxygen atoms in total. The van der Waals surface area contributed by atoms with Gasteiger partial charge < -0.3 is 35.9 Å². The van der Waals surface area contributed by atoms with Gasteiger partial charge in [-0.3, -0.25) is 14.6 Å². The Labute approximate surface area is 358 Å². The number of hydrogen-bond acceptors (Lipinski definition) is 19. The number of anilines is 2. The van der Waals surface area contributed by atoms with E-state index in [1.807, 2.05) is 0 Å². The summed E-state index contributed by atoms with van der Waals surface area (Å²) < 4.78 is 54.1. The Morgan fingerprint density at radius 3 is 1.71 bits per heavy atom. The molecule has 0 bridgehead atoms. The second-order valence-corrected chi connectivity index (χ2v) is 14.3. The average molecular weight is 909 g/mol. The van der Waals surface area contributed by atoms with Crippen LogP contribution in [-0.2, 0) is 11.5 Å². The molecule has 0 aliphatic heterocycles. The first-order chi connectivity index (χ1) is 30.5. The predicted octanol–water partition coefficient (Wildman–Crippen LogP) is 2.45. The number of hydrogen-bond donors (Lipinski definition) is 8. The first kappa shape index (κ1) is 45.5. The molecular weight excluding hydrogens is 877 g/mol. The molecule has 6 heterocycles. The van der Waals surface area contributed by atoms with Gasteiger partial charge in [0.05, 0.1) is 44.5 Å². The maximum atomic E-state index is 13.8. The minimum atomic E-state index is -0.947. The number of nitrogens with one attached hydrogen (secondary N) is 5. The number of aliphatic hydroxyl groups is 3. The molecule has 6 aromatic heterocycles. The van der Waals surface area contributed by atoms with Crippen molar-refractivity contribution < 1.29 is 32.9 Å². The topological polar surface area (TPSA) is 299 Å². The fraction of sp³-hybridized carbons (Fsp3) is 0.189. The molecule has 0 aliphatic rings. The zero-order valence-electron chi connectivity index (χ0n) is 32.1. The number of thioether (sulfide) groups is 2. The Morgan fingerprint density at radius 2 is 1.16 bits per heavy atom. The third-order valence-electron chi connectivity index (χ3n) is 8.05. The van der Waals surface area contributed by atoms with Crippen LogP contribution in [0.15, 0.2) is 92.1 Å². The van der Waals surface area contributed by atoms with Gasteiger partial charge in [-0.2, -0.15) is 4.98 Å². The number of aliphatic hydroxyl groups excluding tert-OH is 3. The van der Waals surface area contributed by atoms with Gasteiger partial charge in [0.25, 0.3) is 11.1 Å². The van der Waals surface area contributed by atoms with E-state index in [0.29, 0.717) is 22.5 Å². The lowest BCUT2D eigenvalue weighted by Gasteiger charge is -2.15. The maximum Gasteiger partial charge on any atom is 0.346 e. The summed E-state index contributed by atoms with van der Waals surface area (Å²) in [5.74, 6) is -3.04. The van der Waals surface area contributed by atoms with Crippen LogP contribution in [0.2, 0.25) is 0 Å². The molecule has 0 saturated carbocycles. The van der Waals surface area contributed by atoms with E-state index in [4.69, 9.17) is 5.11 Å². The lowest BCUT2D eigenvalue weighted by atomic mass is 10.2. The first-order valence-corrected chi connectivity index (χ1v) is 20.1. The zero-order chi connectivity index (χ0) is 44.9. The summed E-state index contributed by atoms with van der Waals surface area (Å²) in [6, 6.07) is 7.11. The summed E-state index contributed by atoms with van der Waals surface area (Å²) in [7, 11) is 0. The van der Waals surface area contributed by atoms with Crippen LogP contribution in [0.25, 0.3) is 33.5 Å². The van der Waals surface area contributed by atoms with Gasteiger partial charge in [0.2, 0.25) is 0 Å². The van der Waals surface area contributed by atoms with Gasteiger partial charge in [-0.05, 0) is 12.1 Å². The molecule has 0 saturated heterocycles. The SMILES string of the molecule is O=c1cnc2c(NC(CO)CO)nc(SCc3cccc(F)c3F)nc2[nH]1.O=c1cnc2c(NCCO)nc(SCc3cccc(F)c3F)nc2[nH]1.O=c1ncc2nccnc2[nH]1. The molecule has 26 heteroatoms. The van der Waals surface area contributed by atoms with E-state index in [0.717, 1.165) is 48.1 Å². The van der Waals surface area contributed by atoms with Crippen molar-refractivity contribution >= 4 is 68.7 Å². The Hall–Kier alpha value is -7.00. The van der Waals surface area contributed by atoms with E-state index in [1.54, 1.807) is 6.20 Å². The van der Waals surface area contributed by atoms with Crippen LogP contribution >= 0.6 is 23.5 Å². The largest absolute Gasteiger partial charge is 0.395 e. The normalized spacial score (nSPS) is 11.0. The van der Waals surface area contributed by atoms with Gasteiger partial charge in [-0.25, -0.2) is 62.2 Å². The molecule has 0 fully saturated rings. The van der Waals surface area contributed by atoms with Gasteiger partial charge in [0.1, 0.15) is 16.6 Å². The number of rotatable bonds is 13. The quantitative estimate of drug-likeness (QED) is 0.0468. The second-order valence-electron chi connectivity index (χ2n) is 12.4. The molecule has 2 aromatic carbocycles. The van der Waals surface area contributed by atoms with E-state index in [-0.39, 0.29) is 81.9 Å². The summed E-state index contributed by atoms with van der Waals surface area (Å²) >= 11 is 2.11. The van der Waals surface area contributed by atoms with Crippen molar-refractivity contribution in [3.63, 3.8) is 0 Å². The average Bonchev–Trinajstić information content (AvgIpc) is 3.28. The van der Waals surface area contributed by atoms with Gasteiger partial charge in [0, 0.05) is 41.6 Å². The molecule has 0 unspecified atom stereocenters. The smallest absolute Gasteiger partial charge is 0.346 e. The Bertz CT molecular complexity index is 3040. The van der Waals surface area contributed by atoms with E-state index < -0.39 is 46.1 Å². The highest BCUT2D eigenvalue weighted by Crippen LogP contribution is 2.27. The Kier molecular flexibility index (Phi) is 15.7. The Balaban J connectivity index is 0.000000170. The molecule has 326 valence electrons. The van der Waals surface area contributed by atoms with E-state index in [9.17, 15) is 42.2 Å².